The quantitative estimate of drug-likeness (QED) is 0.604. The highest BCUT2D eigenvalue weighted by atomic mass is 28.4. The molecular formula is C8H16O2Si. The molecule has 0 unspecified atom stereocenters. The smallest absolute Gasteiger partial charge is 0.344 e. The molecule has 2 rings (SSSR count). The van der Waals surface area contributed by atoms with E-state index in [4.69, 9.17) is 8.85 Å². The molecule has 2 saturated carbocycles. The number of hydrogen-bond donors (Lipinski definition) is 0. The minimum Gasteiger partial charge on any atom is -0.397 e. The maximum Gasteiger partial charge on any atom is 0.344 e. The largest absolute Gasteiger partial charge is 0.397 e. The third-order valence-electron chi connectivity index (χ3n) is 2.93. The monoisotopic (exact) mass is 172 g/mol. The van der Waals surface area contributed by atoms with Crippen LogP contribution in [0.15, 0.2) is 0 Å². The van der Waals surface area contributed by atoms with Gasteiger partial charge in [0, 0.05) is 25.3 Å². The van der Waals surface area contributed by atoms with E-state index in [0.717, 1.165) is 11.1 Å². The summed E-state index contributed by atoms with van der Waals surface area (Å²) < 4.78 is 11.3. The molecule has 3 heteroatoms. The Morgan fingerprint density at radius 2 is 1.27 bits per heavy atom. The van der Waals surface area contributed by atoms with Crippen LogP contribution in [-0.2, 0) is 8.85 Å². The molecule has 0 spiro atoms. The van der Waals surface area contributed by atoms with Crippen LogP contribution >= 0.6 is 0 Å². The van der Waals surface area contributed by atoms with Gasteiger partial charge in [0.2, 0.25) is 0 Å². The lowest BCUT2D eigenvalue weighted by atomic mass is 10.9. The highest BCUT2D eigenvalue weighted by molar-refractivity contribution is 6.72. The summed E-state index contributed by atoms with van der Waals surface area (Å²) >= 11 is 0. The van der Waals surface area contributed by atoms with Crippen molar-refractivity contribution in [2.45, 2.75) is 36.8 Å². The highest BCUT2D eigenvalue weighted by Crippen LogP contribution is 2.58. The van der Waals surface area contributed by atoms with Crippen LogP contribution in [0, 0.1) is 0 Å². The molecule has 0 heterocycles. The molecule has 0 bridgehead atoms. The molecule has 0 aromatic carbocycles. The Bertz CT molecular complexity index is 134. The lowest BCUT2D eigenvalue weighted by Crippen LogP contribution is -2.41. The standard InChI is InChI=1S/C8H16O2Si/c1-9-11(10-2,7-3-4-7)8-5-6-8/h7-8H,3-6H2,1-2H3. The molecule has 0 N–H and O–H groups in total. The normalized spacial score (nSPS) is 25.6. The van der Waals surface area contributed by atoms with Gasteiger partial charge in [-0.1, -0.05) is 0 Å². The van der Waals surface area contributed by atoms with Gasteiger partial charge in [0.25, 0.3) is 0 Å². The zero-order valence-electron chi connectivity index (χ0n) is 7.30. The van der Waals surface area contributed by atoms with Crippen molar-refractivity contribution < 1.29 is 8.85 Å². The van der Waals surface area contributed by atoms with Crippen LogP contribution in [0.25, 0.3) is 0 Å². The summed E-state index contributed by atoms with van der Waals surface area (Å²) in [5.74, 6) is 0. The molecule has 2 aliphatic carbocycles. The van der Waals surface area contributed by atoms with Gasteiger partial charge in [0.05, 0.1) is 0 Å². The minimum atomic E-state index is -1.68. The van der Waals surface area contributed by atoms with Crippen molar-refractivity contribution in [3.8, 4) is 0 Å². The lowest BCUT2D eigenvalue weighted by Gasteiger charge is -2.27. The molecule has 0 aromatic heterocycles. The third-order valence-corrected chi connectivity index (χ3v) is 7.64. The maximum atomic E-state index is 5.65. The van der Waals surface area contributed by atoms with E-state index < -0.39 is 8.56 Å². The minimum absolute atomic E-state index is 0.824. The van der Waals surface area contributed by atoms with E-state index in [2.05, 4.69) is 0 Å². The van der Waals surface area contributed by atoms with Gasteiger partial charge in [-0.25, -0.2) is 0 Å². The van der Waals surface area contributed by atoms with Crippen molar-refractivity contribution in [2.75, 3.05) is 14.2 Å². The summed E-state index contributed by atoms with van der Waals surface area (Å²) in [6.45, 7) is 0. The summed E-state index contributed by atoms with van der Waals surface area (Å²) in [5, 5.41) is 0. The summed E-state index contributed by atoms with van der Waals surface area (Å²) in [4.78, 5) is 0. The highest BCUT2D eigenvalue weighted by Gasteiger charge is 2.59. The zero-order chi connectivity index (χ0) is 7.90. The Morgan fingerprint density at radius 1 is 0.909 bits per heavy atom. The van der Waals surface area contributed by atoms with E-state index in [-0.39, 0.29) is 0 Å². The molecule has 0 radical (unpaired) electrons. The third kappa shape index (κ3) is 1.15. The van der Waals surface area contributed by atoms with Gasteiger partial charge in [-0.3, -0.25) is 0 Å². The Kier molecular flexibility index (Phi) is 1.82. The molecule has 0 aromatic rings. The van der Waals surface area contributed by atoms with Crippen molar-refractivity contribution in [3.05, 3.63) is 0 Å². The van der Waals surface area contributed by atoms with Gasteiger partial charge < -0.3 is 8.85 Å². The summed E-state index contributed by atoms with van der Waals surface area (Å²) in [7, 11) is 2.00. The van der Waals surface area contributed by atoms with Crippen LogP contribution in [0.1, 0.15) is 25.7 Å². The molecule has 2 nitrogen and oxygen atoms in total. The van der Waals surface area contributed by atoms with Crippen LogP contribution in [0.2, 0.25) is 11.1 Å². The van der Waals surface area contributed by atoms with Gasteiger partial charge in [-0.05, 0) is 25.7 Å². The second-order valence-electron chi connectivity index (χ2n) is 3.68. The van der Waals surface area contributed by atoms with E-state index in [1.165, 1.54) is 25.7 Å². The van der Waals surface area contributed by atoms with Crippen molar-refractivity contribution in [1.82, 2.24) is 0 Å². The van der Waals surface area contributed by atoms with Gasteiger partial charge >= 0.3 is 8.56 Å². The fraction of sp³-hybridized carbons (Fsp3) is 1.00. The van der Waals surface area contributed by atoms with E-state index in [9.17, 15) is 0 Å². The molecule has 64 valence electrons. The Labute approximate surface area is 69.1 Å². The SMILES string of the molecule is CO[Si](OC)(C1CC1)C1CC1. The molecule has 2 aliphatic rings. The first-order chi connectivity index (χ1) is 5.33. The molecular weight excluding hydrogens is 156 g/mol. The predicted molar refractivity (Wildman–Crippen MR) is 45.7 cm³/mol. The zero-order valence-corrected chi connectivity index (χ0v) is 8.30. The van der Waals surface area contributed by atoms with Gasteiger partial charge in [0.1, 0.15) is 0 Å². The Hall–Kier alpha value is 0.137. The van der Waals surface area contributed by atoms with Gasteiger partial charge in [-0.15, -0.1) is 0 Å². The van der Waals surface area contributed by atoms with Crippen LogP contribution in [-0.4, -0.2) is 22.8 Å². The van der Waals surface area contributed by atoms with Crippen LogP contribution in [0.5, 0.6) is 0 Å². The fourth-order valence-electron chi connectivity index (χ4n) is 2.05. The second kappa shape index (κ2) is 2.57. The van der Waals surface area contributed by atoms with E-state index in [0.29, 0.717) is 0 Å². The van der Waals surface area contributed by atoms with Crippen LogP contribution < -0.4 is 0 Å². The van der Waals surface area contributed by atoms with Crippen LogP contribution in [0.3, 0.4) is 0 Å². The maximum absolute atomic E-state index is 5.65. The van der Waals surface area contributed by atoms with Crippen LogP contribution in [0.4, 0.5) is 0 Å². The first-order valence-electron chi connectivity index (χ1n) is 4.44. The van der Waals surface area contributed by atoms with E-state index in [1.54, 1.807) is 0 Å². The Balaban J connectivity index is 2.07. The van der Waals surface area contributed by atoms with Crippen molar-refractivity contribution in [3.63, 3.8) is 0 Å². The summed E-state index contributed by atoms with van der Waals surface area (Å²) in [6.07, 6.45) is 5.41. The van der Waals surface area contributed by atoms with Crippen molar-refractivity contribution in [2.24, 2.45) is 0 Å². The average Bonchev–Trinajstić information content (AvgIpc) is 2.87. The van der Waals surface area contributed by atoms with Gasteiger partial charge in [-0.2, -0.15) is 0 Å². The summed E-state index contributed by atoms with van der Waals surface area (Å²) in [6, 6.07) is 0. The first kappa shape index (κ1) is 7.77. The summed E-state index contributed by atoms with van der Waals surface area (Å²) in [5.41, 5.74) is 1.65. The number of rotatable bonds is 4. The van der Waals surface area contributed by atoms with E-state index in [1.807, 2.05) is 14.2 Å². The predicted octanol–water partition coefficient (Wildman–Crippen LogP) is 2.05. The van der Waals surface area contributed by atoms with Gasteiger partial charge in [0.15, 0.2) is 0 Å². The van der Waals surface area contributed by atoms with Crippen molar-refractivity contribution >= 4 is 8.56 Å². The average molecular weight is 172 g/mol. The molecule has 0 amide bonds. The molecule has 11 heavy (non-hydrogen) atoms. The molecule has 0 aliphatic heterocycles. The Morgan fingerprint density at radius 3 is 1.45 bits per heavy atom. The first-order valence-corrected chi connectivity index (χ1v) is 6.41. The molecule has 0 saturated heterocycles. The van der Waals surface area contributed by atoms with Crippen molar-refractivity contribution in [1.29, 1.82) is 0 Å². The fourth-order valence-corrected chi connectivity index (χ4v) is 6.16. The lowest BCUT2D eigenvalue weighted by molar-refractivity contribution is 0.237. The second-order valence-corrected chi connectivity index (χ2v) is 7.57. The molecule has 2 fully saturated rings. The van der Waals surface area contributed by atoms with E-state index >= 15 is 0 Å². The topological polar surface area (TPSA) is 18.5 Å². The number of hydrogen-bond acceptors (Lipinski definition) is 2. The molecule has 0 atom stereocenters.